The number of halogens is 2. The van der Waals surface area contributed by atoms with Crippen LogP contribution in [0.15, 0.2) is 12.1 Å². The second-order valence-corrected chi connectivity index (χ2v) is 2.95. The summed E-state index contributed by atoms with van der Waals surface area (Å²) in [6.07, 6.45) is 0. The van der Waals surface area contributed by atoms with Crippen LogP contribution in [0.5, 0.6) is 0 Å². The van der Waals surface area contributed by atoms with Gasteiger partial charge < -0.3 is 10.8 Å². The molecule has 0 heterocycles. The van der Waals surface area contributed by atoms with Gasteiger partial charge in [0.05, 0.1) is 0 Å². The minimum atomic E-state index is -1.63. The number of carbonyl (C=O) groups is 1. The fraction of sp³-hybridized carbons (Fsp3) is 0.222. The number of rotatable bonds is 2. The Kier molecular flexibility index (Phi) is 2.81. The summed E-state index contributed by atoms with van der Waals surface area (Å²) in [5, 5.41) is 8.46. The highest BCUT2D eigenvalue weighted by Crippen LogP contribution is 2.18. The van der Waals surface area contributed by atoms with Crippen LogP contribution in [0.4, 0.5) is 8.78 Å². The number of carboxylic acids is 1. The molecule has 14 heavy (non-hydrogen) atoms. The van der Waals surface area contributed by atoms with E-state index in [1.807, 2.05) is 0 Å². The summed E-state index contributed by atoms with van der Waals surface area (Å²) in [6.45, 7) is 1.55. The number of aromatic carboxylic acids is 1. The van der Waals surface area contributed by atoms with Crippen molar-refractivity contribution in [3.05, 3.63) is 34.9 Å². The molecule has 3 nitrogen and oxygen atoms in total. The zero-order chi connectivity index (χ0) is 10.9. The lowest BCUT2D eigenvalue weighted by molar-refractivity contribution is 0.0686. The highest BCUT2D eigenvalue weighted by atomic mass is 19.1. The third-order valence-electron chi connectivity index (χ3n) is 1.80. The molecule has 1 unspecified atom stereocenters. The van der Waals surface area contributed by atoms with E-state index in [4.69, 9.17) is 10.8 Å². The first kappa shape index (κ1) is 10.6. The van der Waals surface area contributed by atoms with Crippen LogP contribution in [0.2, 0.25) is 0 Å². The molecule has 0 fully saturated rings. The fourth-order valence-electron chi connectivity index (χ4n) is 1.06. The normalized spacial score (nSPS) is 12.6. The molecule has 1 rings (SSSR count). The van der Waals surface area contributed by atoms with Crippen LogP contribution in [0.1, 0.15) is 28.9 Å². The fourth-order valence-corrected chi connectivity index (χ4v) is 1.06. The number of carboxylic acid groups (broad SMARTS) is 1. The van der Waals surface area contributed by atoms with Crippen LogP contribution in [0.3, 0.4) is 0 Å². The Morgan fingerprint density at radius 2 is 1.86 bits per heavy atom. The Labute approximate surface area is 79.2 Å². The summed E-state index contributed by atoms with van der Waals surface area (Å²) >= 11 is 0. The molecule has 0 aromatic heterocycles. The average molecular weight is 201 g/mol. The number of hydrogen-bond acceptors (Lipinski definition) is 2. The third kappa shape index (κ3) is 1.88. The van der Waals surface area contributed by atoms with Crippen molar-refractivity contribution in [3.63, 3.8) is 0 Å². The second kappa shape index (κ2) is 3.71. The van der Waals surface area contributed by atoms with Crippen molar-refractivity contribution < 1.29 is 18.7 Å². The Morgan fingerprint density at radius 3 is 2.14 bits per heavy atom. The summed E-state index contributed by atoms with van der Waals surface area (Å²) in [7, 11) is 0. The van der Waals surface area contributed by atoms with Gasteiger partial charge in [-0.2, -0.15) is 0 Å². The number of nitrogens with two attached hydrogens (primary N) is 1. The zero-order valence-corrected chi connectivity index (χ0v) is 7.42. The molecule has 1 aromatic rings. The van der Waals surface area contributed by atoms with E-state index in [-0.39, 0.29) is 5.56 Å². The van der Waals surface area contributed by atoms with Gasteiger partial charge in [-0.05, 0) is 24.6 Å². The van der Waals surface area contributed by atoms with E-state index in [0.717, 1.165) is 12.1 Å². The van der Waals surface area contributed by atoms with Gasteiger partial charge >= 0.3 is 5.97 Å². The first-order chi connectivity index (χ1) is 6.43. The van der Waals surface area contributed by atoms with Gasteiger partial charge in [-0.15, -0.1) is 0 Å². The highest BCUT2D eigenvalue weighted by molar-refractivity contribution is 5.88. The van der Waals surface area contributed by atoms with Crippen molar-refractivity contribution >= 4 is 5.97 Å². The molecule has 1 aromatic carbocycles. The summed E-state index contributed by atoms with van der Waals surface area (Å²) in [6, 6.07) is 1.32. The van der Waals surface area contributed by atoms with Crippen LogP contribution in [0.25, 0.3) is 0 Å². The smallest absolute Gasteiger partial charge is 0.341 e. The topological polar surface area (TPSA) is 63.3 Å². The van der Waals surface area contributed by atoms with Gasteiger partial charge in [-0.3, -0.25) is 0 Å². The van der Waals surface area contributed by atoms with Crippen LogP contribution in [0, 0.1) is 11.6 Å². The zero-order valence-electron chi connectivity index (χ0n) is 7.42. The van der Waals surface area contributed by atoms with Crippen LogP contribution in [-0.4, -0.2) is 11.1 Å². The maximum absolute atomic E-state index is 13.0. The first-order valence-electron chi connectivity index (χ1n) is 3.91. The van der Waals surface area contributed by atoms with Gasteiger partial charge in [0.15, 0.2) is 0 Å². The molecule has 1 atom stereocenters. The standard InChI is InChI=1S/C9H9F2NO2/c1-4(12)5-2-6(10)8(9(13)14)7(11)3-5/h2-4H,12H2,1H3,(H,13,14). The first-order valence-corrected chi connectivity index (χ1v) is 3.91. The molecule has 0 aliphatic heterocycles. The van der Waals surface area contributed by atoms with E-state index < -0.39 is 29.2 Å². The maximum Gasteiger partial charge on any atom is 0.341 e. The van der Waals surface area contributed by atoms with E-state index in [1.165, 1.54) is 0 Å². The summed E-state index contributed by atoms with van der Waals surface area (Å²) in [4.78, 5) is 10.4. The molecule has 0 aliphatic rings. The van der Waals surface area contributed by atoms with Gasteiger partial charge in [0, 0.05) is 6.04 Å². The second-order valence-electron chi connectivity index (χ2n) is 2.95. The molecule has 0 aliphatic carbocycles. The van der Waals surface area contributed by atoms with Crippen molar-refractivity contribution in [2.75, 3.05) is 0 Å². The van der Waals surface area contributed by atoms with Crippen molar-refractivity contribution in [1.82, 2.24) is 0 Å². The molecule has 3 N–H and O–H groups in total. The predicted octanol–water partition coefficient (Wildman–Crippen LogP) is 1.68. The van der Waals surface area contributed by atoms with Crippen molar-refractivity contribution in [3.8, 4) is 0 Å². The van der Waals surface area contributed by atoms with Crippen molar-refractivity contribution in [1.29, 1.82) is 0 Å². The van der Waals surface area contributed by atoms with E-state index in [2.05, 4.69) is 0 Å². The van der Waals surface area contributed by atoms with E-state index in [1.54, 1.807) is 6.92 Å². The van der Waals surface area contributed by atoms with Crippen molar-refractivity contribution in [2.24, 2.45) is 5.73 Å². The van der Waals surface area contributed by atoms with E-state index >= 15 is 0 Å². The van der Waals surface area contributed by atoms with Crippen LogP contribution < -0.4 is 5.73 Å². The van der Waals surface area contributed by atoms with Crippen LogP contribution >= 0.6 is 0 Å². The van der Waals surface area contributed by atoms with Gasteiger partial charge in [0.25, 0.3) is 0 Å². The summed E-state index contributed by atoms with van der Waals surface area (Å²) < 4.78 is 26.1. The Balaban J connectivity index is 3.32. The molecule has 0 saturated carbocycles. The summed E-state index contributed by atoms with van der Waals surface area (Å²) in [5.41, 5.74) is 4.67. The Bertz CT molecular complexity index is 354. The predicted molar refractivity (Wildman–Crippen MR) is 45.9 cm³/mol. The van der Waals surface area contributed by atoms with Gasteiger partial charge in [0.2, 0.25) is 0 Å². The van der Waals surface area contributed by atoms with Crippen LogP contribution in [-0.2, 0) is 0 Å². The number of benzene rings is 1. The average Bonchev–Trinajstić information content (AvgIpc) is 2.01. The quantitative estimate of drug-likeness (QED) is 0.765. The lowest BCUT2D eigenvalue weighted by Crippen LogP contribution is -2.10. The molecule has 0 saturated heterocycles. The van der Waals surface area contributed by atoms with E-state index in [0.29, 0.717) is 0 Å². The SMILES string of the molecule is CC(N)c1cc(F)c(C(=O)O)c(F)c1. The maximum atomic E-state index is 13.0. The largest absolute Gasteiger partial charge is 0.477 e. The molecule has 0 bridgehead atoms. The summed E-state index contributed by atoms with van der Waals surface area (Å²) in [5.74, 6) is -3.84. The minimum absolute atomic E-state index is 0.227. The minimum Gasteiger partial charge on any atom is -0.477 e. The molecular formula is C9H9F2NO2. The molecule has 5 heteroatoms. The molecular weight excluding hydrogens is 192 g/mol. The Morgan fingerprint density at radius 1 is 1.43 bits per heavy atom. The molecule has 0 spiro atoms. The molecule has 76 valence electrons. The third-order valence-corrected chi connectivity index (χ3v) is 1.80. The lowest BCUT2D eigenvalue weighted by Gasteiger charge is -2.07. The monoisotopic (exact) mass is 201 g/mol. The highest BCUT2D eigenvalue weighted by Gasteiger charge is 2.18. The van der Waals surface area contributed by atoms with Gasteiger partial charge in [-0.1, -0.05) is 0 Å². The van der Waals surface area contributed by atoms with Gasteiger partial charge in [-0.25, -0.2) is 13.6 Å². The lowest BCUT2D eigenvalue weighted by atomic mass is 10.1. The van der Waals surface area contributed by atoms with E-state index in [9.17, 15) is 13.6 Å². The Hall–Kier alpha value is -1.49. The number of hydrogen-bond donors (Lipinski definition) is 2. The molecule has 0 radical (unpaired) electrons. The molecule has 0 amide bonds. The van der Waals surface area contributed by atoms with Gasteiger partial charge in [0.1, 0.15) is 17.2 Å². The van der Waals surface area contributed by atoms with Crippen molar-refractivity contribution in [2.45, 2.75) is 13.0 Å².